The van der Waals surface area contributed by atoms with Crippen molar-refractivity contribution in [1.29, 1.82) is 0 Å². The summed E-state index contributed by atoms with van der Waals surface area (Å²) in [5, 5.41) is 8.93. The summed E-state index contributed by atoms with van der Waals surface area (Å²) < 4.78 is 9.52. The third-order valence-corrected chi connectivity index (χ3v) is 2.38. The lowest BCUT2D eigenvalue weighted by Gasteiger charge is -2.18. The molecule has 0 atom stereocenters. The van der Waals surface area contributed by atoms with Gasteiger partial charge in [0.1, 0.15) is 21.3 Å². The first-order chi connectivity index (χ1) is 11.8. The molecule has 0 saturated heterocycles. The maximum absolute atomic E-state index is 11.1. The Kier molecular flexibility index (Phi) is 12.5. The van der Waals surface area contributed by atoms with Crippen molar-refractivity contribution in [2.75, 3.05) is 7.11 Å². The molecule has 0 aliphatic carbocycles. The number of aliphatic hydroxyl groups is 1. The standard InChI is InChI=1S/C9H12B2N2O3.C8H16O2/c1-6(8(14)16-2)3-7(4-12)5-13-9(10,11)15;1-5-6-7(9)10-8(2,3)4/h3-5,15H,12H2,1-2H3;5-6H2,1-4H3/b6-3+,7-4-,13-5+;. The minimum absolute atomic E-state index is 0.102. The zero-order valence-electron chi connectivity index (χ0n) is 16.4. The normalized spacial score (nSPS) is 13.0. The molecule has 0 aromatic carbocycles. The Labute approximate surface area is 158 Å². The minimum Gasteiger partial charge on any atom is -0.466 e. The predicted molar refractivity (Wildman–Crippen MR) is 104 cm³/mol. The number of hydrogen-bond donors (Lipinski definition) is 2. The Bertz CT molecular complexity index is 544. The van der Waals surface area contributed by atoms with Gasteiger partial charge in [-0.05, 0) is 40.2 Å². The number of aliphatic imine (C=N–C) groups is 1. The Morgan fingerprint density at radius 3 is 2.15 bits per heavy atom. The van der Waals surface area contributed by atoms with Gasteiger partial charge in [-0.1, -0.05) is 6.92 Å². The highest BCUT2D eigenvalue weighted by atomic mass is 16.6. The zero-order valence-corrected chi connectivity index (χ0v) is 16.4. The zero-order chi connectivity index (χ0) is 21.0. The lowest BCUT2D eigenvalue weighted by atomic mass is 9.74. The van der Waals surface area contributed by atoms with Crippen molar-refractivity contribution in [3.63, 3.8) is 0 Å². The summed E-state index contributed by atoms with van der Waals surface area (Å²) >= 11 is 0. The van der Waals surface area contributed by atoms with Crippen LogP contribution in [0.3, 0.4) is 0 Å². The van der Waals surface area contributed by atoms with Crippen LogP contribution in [0.1, 0.15) is 47.5 Å². The second-order valence-electron chi connectivity index (χ2n) is 6.36. The highest BCUT2D eigenvalue weighted by Crippen LogP contribution is 2.08. The molecule has 0 bridgehead atoms. The van der Waals surface area contributed by atoms with Crippen LogP contribution in [-0.2, 0) is 19.1 Å². The summed E-state index contributed by atoms with van der Waals surface area (Å²) in [5.74, 6) is -0.599. The molecule has 9 heteroatoms. The molecule has 0 fully saturated rings. The van der Waals surface area contributed by atoms with E-state index in [-0.39, 0.29) is 11.6 Å². The number of carbonyl (C=O) groups excluding carboxylic acids is 2. The van der Waals surface area contributed by atoms with E-state index < -0.39 is 11.5 Å². The topological polar surface area (TPSA) is 111 Å². The van der Waals surface area contributed by atoms with E-state index in [9.17, 15) is 9.59 Å². The van der Waals surface area contributed by atoms with Crippen molar-refractivity contribution >= 4 is 33.8 Å². The number of hydrogen-bond acceptors (Lipinski definition) is 7. The van der Waals surface area contributed by atoms with Crippen molar-refractivity contribution in [1.82, 2.24) is 0 Å². The first-order valence-corrected chi connectivity index (χ1v) is 8.01. The quantitative estimate of drug-likeness (QED) is 0.241. The molecule has 0 heterocycles. The maximum atomic E-state index is 11.1. The second kappa shape index (κ2) is 12.4. The number of esters is 2. The van der Waals surface area contributed by atoms with Gasteiger partial charge < -0.3 is 20.3 Å². The van der Waals surface area contributed by atoms with Gasteiger partial charge in [0, 0.05) is 30.0 Å². The van der Waals surface area contributed by atoms with Gasteiger partial charge in [-0.25, -0.2) is 4.79 Å². The van der Waals surface area contributed by atoms with E-state index in [0.29, 0.717) is 17.6 Å². The van der Waals surface area contributed by atoms with E-state index in [4.69, 9.17) is 31.3 Å². The molecule has 0 saturated carbocycles. The Morgan fingerprint density at radius 1 is 1.27 bits per heavy atom. The highest BCUT2D eigenvalue weighted by Gasteiger charge is 2.14. The van der Waals surface area contributed by atoms with E-state index in [1.54, 1.807) is 6.92 Å². The fraction of sp³-hybridized carbons (Fsp3) is 0.588. The summed E-state index contributed by atoms with van der Waals surface area (Å²) in [6.07, 6.45) is 5.13. The average molecular weight is 362 g/mol. The third kappa shape index (κ3) is 16.8. The fourth-order valence-electron chi connectivity index (χ4n) is 1.37. The Morgan fingerprint density at radius 2 is 1.81 bits per heavy atom. The molecule has 3 N–H and O–H groups in total. The third-order valence-electron chi connectivity index (χ3n) is 2.38. The molecule has 4 radical (unpaired) electrons. The number of rotatable bonds is 6. The Hall–Kier alpha value is -2.02. The molecule has 0 rings (SSSR count). The van der Waals surface area contributed by atoms with E-state index in [1.165, 1.54) is 19.4 Å². The SMILES string of the molecule is CCCC(=O)OC(C)(C)C.[B]C([B])(O)/N=C/C(=C\N)/C=C(\C)C(=O)OC. The number of methoxy groups -OCH3 is 1. The van der Waals surface area contributed by atoms with Gasteiger partial charge >= 0.3 is 11.9 Å². The van der Waals surface area contributed by atoms with Crippen LogP contribution in [0.2, 0.25) is 0 Å². The van der Waals surface area contributed by atoms with Crippen LogP contribution in [0.5, 0.6) is 0 Å². The van der Waals surface area contributed by atoms with E-state index in [0.717, 1.165) is 12.6 Å². The van der Waals surface area contributed by atoms with Gasteiger partial charge in [0.05, 0.1) is 12.6 Å². The Balaban J connectivity index is 0. The van der Waals surface area contributed by atoms with Crippen LogP contribution in [0.15, 0.2) is 28.4 Å². The minimum atomic E-state index is -2.17. The van der Waals surface area contributed by atoms with Gasteiger partial charge in [-0.2, -0.15) is 0 Å². The van der Waals surface area contributed by atoms with Crippen LogP contribution < -0.4 is 5.73 Å². The summed E-state index contributed by atoms with van der Waals surface area (Å²) in [5.41, 5.74) is 3.47. The smallest absolute Gasteiger partial charge is 0.333 e. The van der Waals surface area contributed by atoms with Crippen LogP contribution in [0.4, 0.5) is 0 Å². The maximum Gasteiger partial charge on any atom is 0.333 e. The highest BCUT2D eigenvalue weighted by molar-refractivity contribution is 6.38. The molecule has 0 aliphatic heterocycles. The number of nitrogens with zero attached hydrogens (tertiary/aromatic N) is 1. The molecule has 142 valence electrons. The van der Waals surface area contributed by atoms with Crippen molar-refractivity contribution in [3.05, 3.63) is 23.4 Å². The van der Waals surface area contributed by atoms with Gasteiger partial charge in [-0.3, -0.25) is 9.79 Å². The van der Waals surface area contributed by atoms with Crippen molar-refractivity contribution in [2.45, 2.75) is 58.6 Å². The van der Waals surface area contributed by atoms with E-state index >= 15 is 0 Å². The largest absolute Gasteiger partial charge is 0.466 e. The van der Waals surface area contributed by atoms with Gasteiger partial charge in [0.15, 0.2) is 0 Å². The molecule has 0 aromatic heterocycles. The van der Waals surface area contributed by atoms with Crippen molar-refractivity contribution in [2.24, 2.45) is 10.7 Å². The molecule has 0 unspecified atom stereocenters. The molecule has 0 aromatic rings. The van der Waals surface area contributed by atoms with Gasteiger partial charge in [0.25, 0.3) is 0 Å². The molecule has 0 spiro atoms. The molecule has 7 nitrogen and oxygen atoms in total. The lowest BCUT2D eigenvalue weighted by molar-refractivity contribution is -0.154. The van der Waals surface area contributed by atoms with Crippen molar-refractivity contribution in [3.8, 4) is 0 Å². The number of carbonyl (C=O) groups is 2. The number of ether oxygens (including phenoxy) is 2. The first kappa shape index (κ1) is 26.2. The van der Waals surface area contributed by atoms with Gasteiger partial charge in [0.2, 0.25) is 0 Å². The van der Waals surface area contributed by atoms with Crippen molar-refractivity contribution < 1.29 is 24.2 Å². The monoisotopic (exact) mass is 362 g/mol. The molecule has 0 amide bonds. The molecule has 26 heavy (non-hydrogen) atoms. The predicted octanol–water partition coefficient (Wildman–Crippen LogP) is 1.09. The average Bonchev–Trinajstić information content (AvgIpc) is 2.48. The summed E-state index contributed by atoms with van der Waals surface area (Å²) in [6.45, 7) is 9.13. The number of nitrogens with two attached hydrogens (primary N) is 1. The molecular formula is C17H28B2N2O5. The van der Waals surface area contributed by atoms with Crippen LogP contribution in [-0.4, -0.2) is 57.2 Å². The lowest BCUT2D eigenvalue weighted by Crippen LogP contribution is -2.26. The fourth-order valence-corrected chi connectivity index (χ4v) is 1.37. The summed E-state index contributed by atoms with van der Waals surface area (Å²) in [7, 11) is 11.3. The summed E-state index contributed by atoms with van der Waals surface area (Å²) in [6, 6.07) is 0. The number of allylic oxidation sites excluding steroid dienone is 2. The first-order valence-electron chi connectivity index (χ1n) is 8.01. The van der Waals surface area contributed by atoms with Crippen LogP contribution in [0.25, 0.3) is 0 Å². The molecule has 0 aliphatic rings. The van der Waals surface area contributed by atoms with Crippen LogP contribution >= 0.6 is 0 Å². The summed E-state index contributed by atoms with van der Waals surface area (Å²) in [4.78, 5) is 25.3. The van der Waals surface area contributed by atoms with E-state index in [1.807, 2.05) is 27.7 Å². The van der Waals surface area contributed by atoms with Crippen LogP contribution in [0, 0.1) is 0 Å². The van der Waals surface area contributed by atoms with E-state index in [2.05, 4.69) is 9.73 Å². The second-order valence-corrected chi connectivity index (χ2v) is 6.36. The van der Waals surface area contributed by atoms with Gasteiger partial charge in [-0.15, -0.1) is 0 Å². The molecular weight excluding hydrogens is 334 g/mol.